The number of aromatic amines is 1. The summed E-state index contributed by atoms with van der Waals surface area (Å²) in [6.45, 7) is 22.7. The smallest absolute Gasteiger partial charge is 0.265 e. The lowest BCUT2D eigenvalue weighted by atomic mass is 9.86. The van der Waals surface area contributed by atoms with Gasteiger partial charge in [-0.15, -0.1) is 5.10 Å². The number of benzene rings is 3. The molecule has 0 saturated carbocycles. The number of anilines is 2. The van der Waals surface area contributed by atoms with Crippen molar-refractivity contribution in [3.63, 3.8) is 0 Å². The molecule has 12 nitrogen and oxygen atoms in total. The first-order valence-corrected chi connectivity index (χ1v) is 22.4. The second-order valence-corrected chi connectivity index (χ2v) is 19.7. The highest BCUT2D eigenvalue weighted by Gasteiger charge is 2.27. The normalized spacial score (nSPS) is 13.2. The summed E-state index contributed by atoms with van der Waals surface area (Å²) in [4.78, 5) is 33.4. The molecule has 2 amide bonds. The largest absolute Gasteiger partial charge is 0.508 e. The van der Waals surface area contributed by atoms with E-state index in [0.717, 1.165) is 68.2 Å². The molecule has 5 rings (SSSR count). The Balaban J connectivity index is 1.50. The van der Waals surface area contributed by atoms with Crippen LogP contribution in [0.4, 0.5) is 11.4 Å². The van der Waals surface area contributed by atoms with E-state index >= 15 is 0 Å². The Morgan fingerprint density at radius 2 is 1.11 bits per heavy atom. The number of phenols is 2. The van der Waals surface area contributed by atoms with Crippen LogP contribution in [-0.2, 0) is 25.8 Å². The van der Waals surface area contributed by atoms with E-state index in [0.29, 0.717) is 52.8 Å². The number of hydrogen-bond acceptors (Lipinski definition) is 8. The van der Waals surface area contributed by atoms with E-state index in [9.17, 15) is 19.8 Å². The number of hydrogen-bond donors (Lipinski definition) is 5. The van der Waals surface area contributed by atoms with Crippen LogP contribution < -0.4 is 20.1 Å². The Morgan fingerprint density at radius 3 is 1.52 bits per heavy atom. The standard InChI is InChI=1S/C50H70N6O6/c1-12-14-16-18-20-41(61-35-22-24-39(57)37(29-35)48(3,4)5)46(59)51-33-26-32(45-53-44-31-43(50(9,10)11)54-56(44)55-45)27-34(28-33)52-47(60)42(21-19-17-15-13-2)62-36-23-25-40(58)38(30-36)49(6,7)8/h22-31,41-42,54,57-58H,12-21H2,1-11H3,(H,51,59)(H,52,60). The minimum atomic E-state index is -0.838. The van der Waals surface area contributed by atoms with Crippen molar-refractivity contribution in [1.82, 2.24) is 19.8 Å². The molecule has 62 heavy (non-hydrogen) atoms. The molecule has 336 valence electrons. The van der Waals surface area contributed by atoms with Gasteiger partial charge in [0.15, 0.2) is 23.7 Å². The third-order valence-corrected chi connectivity index (χ3v) is 11.0. The molecule has 0 fully saturated rings. The van der Waals surface area contributed by atoms with E-state index in [1.54, 1.807) is 59.2 Å². The average Bonchev–Trinajstić information content (AvgIpc) is 3.78. The Morgan fingerprint density at radius 1 is 0.645 bits per heavy atom. The van der Waals surface area contributed by atoms with Crippen LogP contribution in [0.1, 0.15) is 157 Å². The monoisotopic (exact) mass is 851 g/mol. The van der Waals surface area contributed by atoms with Crippen molar-refractivity contribution in [1.29, 1.82) is 0 Å². The highest BCUT2D eigenvalue weighted by atomic mass is 16.5. The molecule has 0 aliphatic rings. The van der Waals surface area contributed by atoms with Crippen LogP contribution >= 0.6 is 0 Å². The molecule has 3 aromatic carbocycles. The second kappa shape index (κ2) is 20.1. The number of nitrogens with one attached hydrogen (secondary N) is 3. The molecule has 0 aliphatic heterocycles. The zero-order valence-electron chi connectivity index (χ0n) is 38.9. The number of aromatic hydroxyl groups is 2. The molecule has 2 aromatic heterocycles. The maximum atomic E-state index is 14.3. The number of fused-ring (bicyclic) bond motifs is 1. The maximum Gasteiger partial charge on any atom is 0.265 e. The molecule has 0 aliphatic carbocycles. The predicted octanol–water partition coefficient (Wildman–Crippen LogP) is 11.7. The molecule has 2 atom stereocenters. The summed E-state index contributed by atoms with van der Waals surface area (Å²) in [5.41, 5.74) is 3.66. The van der Waals surface area contributed by atoms with E-state index in [-0.39, 0.29) is 39.6 Å². The molecule has 0 radical (unpaired) electrons. The Kier molecular flexibility index (Phi) is 15.4. The van der Waals surface area contributed by atoms with Crippen LogP contribution in [0.25, 0.3) is 17.0 Å². The van der Waals surface area contributed by atoms with Gasteiger partial charge < -0.3 is 30.3 Å². The molecule has 0 bridgehead atoms. The molecule has 2 unspecified atom stereocenters. The van der Waals surface area contributed by atoms with E-state index in [4.69, 9.17) is 19.6 Å². The average molecular weight is 851 g/mol. The Hall–Kier alpha value is -5.52. The lowest BCUT2D eigenvalue weighted by Crippen LogP contribution is -2.34. The molecule has 5 N–H and O–H groups in total. The zero-order valence-corrected chi connectivity index (χ0v) is 38.9. The third-order valence-electron chi connectivity index (χ3n) is 11.0. The van der Waals surface area contributed by atoms with Crippen molar-refractivity contribution >= 4 is 28.8 Å². The quantitative estimate of drug-likeness (QED) is 0.0513. The van der Waals surface area contributed by atoms with Crippen molar-refractivity contribution in [3.8, 4) is 34.4 Å². The number of nitrogens with zero attached hydrogens (tertiary/aromatic N) is 3. The number of rotatable bonds is 19. The number of aromatic nitrogens is 4. The number of unbranched alkanes of at least 4 members (excludes halogenated alkanes) is 6. The van der Waals surface area contributed by atoms with Crippen LogP contribution in [0.3, 0.4) is 0 Å². The first kappa shape index (κ1) is 47.5. The van der Waals surface area contributed by atoms with Crippen LogP contribution in [-0.4, -0.2) is 54.0 Å². The number of amides is 2. The van der Waals surface area contributed by atoms with Crippen molar-refractivity contribution in [3.05, 3.63) is 77.5 Å². The van der Waals surface area contributed by atoms with Gasteiger partial charge in [-0.05, 0) is 91.1 Å². The summed E-state index contributed by atoms with van der Waals surface area (Å²) in [6.07, 6.45) is 6.97. The highest BCUT2D eigenvalue weighted by Crippen LogP contribution is 2.36. The van der Waals surface area contributed by atoms with Gasteiger partial charge in [0, 0.05) is 45.2 Å². The minimum absolute atomic E-state index is 0.141. The van der Waals surface area contributed by atoms with Gasteiger partial charge in [0.05, 0.1) is 0 Å². The van der Waals surface area contributed by atoms with Gasteiger partial charge in [-0.1, -0.05) is 115 Å². The number of ether oxygens (including phenoxy) is 2. The van der Waals surface area contributed by atoms with Gasteiger partial charge in [0.25, 0.3) is 11.8 Å². The first-order valence-electron chi connectivity index (χ1n) is 22.4. The van der Waals surface area contributed by atoms with Crippen LogP contribution in [0.15, 0.2) is 60.7 Å². The SMILES string of the molecule is CCCCCCC(Oc1ccc(O)c(C(C)(C)C)c1)C(=O)Nc1cc(NC(=O)C(CCCCCC)Oc2ccc(O)c(C(C)(C)C)c2)cc(-c2nc3cc(C(C)(C)C)[nH]n3n2)c1. The fourth-order valence-electron chi connectivity index (χ4n) is 7.34. The number of phenolic OH excluding ortho intramolecular Hbond substituents is 2. The molecule has 0 saturated heterocycles. The topological polar surface area (TPSA) is 163 Å². The lowest BCUT2D eigenvalue weighted by Gasteiger charge is -2.24. The van der Waals surface area contributed by atoms with Gasteiger partial charge in [-0.2, -0.15) is 4.63 Å². The van der Waals surface area contributed by atoms with Gasteiger partial charge >= 0.3 is 0 Å². The maximum absolute atomic E-state index is 14.3. The molecule has 12 heteroatoms. The molecule has 5 aromatic rings. The summed E-state index contributed by atoms with van der Waals surface area (Å²) in [6, 6.07) is 17.5. The number of H-pyrrole nitrogens is 1. The number of carbonyl (C=O) groups excluding carboxylic acids is 2. The first-order chi connectivity index (χ1) is 29.2. The minimum Gasteiger partial charge on any atom is -0.508 e. The molecular formula is C50H70N6O6. The summed E-state index contributed by atoms with van der Waals surface area (Å²) in [7, 11) is 0. The Labute approximate surface area is 368 Å². The number of carbonyl (C=O) groups is 2. The second-order valence-electron chi connectivity index (χ2n) is 19.7. The van der Waals surface area contributed by atoms with Gasteiger partial charge in [0.1, 0.15) is 23.0 Å². The summed E-state index contributed by atoms with van der Waals surface area (Å²) in [5.74, 6) is 1.03. The summed E-state index contributed by atoms with van der Waals surface area (Å²) < 4.78 is 14.5. The predicted molar refractivity (Wildman–Crippen MR) is 249 cm³/mol. The third kappa shape index (κ3) is 12.8. The van der Waals surface area contributed by atoms with Crippen molar-refractivity contribution < 1.29 is 29.3 Å². The van der Waals surface area contributed by atoms with Crippen molar-refractivity contribution in [2.45, 2.75) is 169 Å². The van der Waals surface area contributed by atoms with Gasteiger partial charge in [-0.25, -0.2) is 4.98 Å². The van der Waals surface area contributed by atoms with E-state index in [1.165, 1.54) is 0 Å². The zero-order chi connectivity index (χ0) is 45.4. The summed E-state index contributed by atoms with van der Waals surface area (Å²) in [5, 5.41) is 35.5. The van der Waals surface area contributed by atoms with Crippen LogP contribution in [0.5, 0.6) is 23.0 Å². The van der Waals surface area contributed by atoms with Crippen LogP contribution in [0.2, 0.25) is 0 Å². The van der Waals surface area contributed by atoms with E-state index < -0.39 is 12.2 Å². The van der Waals surface area contributed by atoms with Crippen molar-refractivity contribution in [2.24, 2.45) is 0 Å². The highest BCUT2D eigenvalue weighted by molar-refractivity contribution is 5.98. The van der Waals surface area contributed by atoms with E-state index in [2.05, 4.69) is 50.4 Å². The lowest BCUT2D eigenvalue weighted by molar-refractivity contribution is -0.123. The fraction of sp³-hybridized carbons (Fsp3) is 0.520. The van der Waals surface area contributed by atoms with Crippen molar-refractivity contribution in [2.75, 3.05) is 10.6 Å². The van der Waals surface area contributed by atoms with Gasteiger partial charge in [0.2, 0.25) is 0 Å². The molecule has 0 spiro atoms. The fourth-order valence-corrected chi connectivity index (χ4v) is 7.34. The molecular weight excluding hydrogens is 781 g/mol. The molecule has 2 heterocycles. The summed E-state index contributed by atoms with van der Waals surface area (Å²) >= 11 is 0. The van der Waals surface area contributed by atoms with E-state index in [1.807, 2.05) is 47.6 Å². The van der Waals surface area contributed by atoms with Gasteiger partial charge in [-0.3, -0.25) is 14.7 Å². The van der Waals surface area contributed by atoms with Crippen LogP contribution in [0, 0.1) is 0 Å². The Bertz CT molecular complexity index is 2140.